The molecule has 154 valence electrons. The second-order valence-electron chi connectivity index (χ2n) is 6.67. The summed E-state index contributed by atoms with van der Waals surface area (Å²) in [6, 6.07) is 14.1. The summed E-state index contributed by atoms with van der Waals surface area (Å²) in [5.74, 6) is 0.623. The first-order valence-electron chi connectivity index (χ1n) is 9.01. The van der Waals surface area contributed by atoms with Gasteiger partial charge in [0.05, 0.1) is 31.3 Å². The van der Waals surface area contributed by atoms with E-state index in [-0.39, 0.29) is 23.3 Å². The molecular weight excluding hydrogens is 400 g/mol. The zero-order chi connectivity index (χ0) is 19.3. The minimum atomic E-state index is -3.66. The van der Waals surface area contributed by atoms with Crippen LogP contribution in [0.4, 0.5) is 0 Å². The molecule has 6 nitrogen and oxygen atoms in total. The number of nitrogens with one attached hydrogen (secondary N) is 1. The molecule has 1 heterocycles. The minimum absolute atomic E-state index is 0. The van der Waals surface area contributed by atoms with E-state index in [1.54, 1.807) is 31.4 Å². The average molecular weight is 427 g/mol. The third-order valence-corrected chi connectivity index (χ3v) is 6.18. The van der Waals surface area contributed by atoms with Gasteiger partial charge >= 0.3 is 0 Å². The number of benzene rings is 2. The Morgan fingerprint density at radius 2 is 1.68 bits per heavy atom. The van der Waals surface area contributed by atoms with Crippen LogP contribution >= 0.6 is 12.4 Å². The van der Waals surface area contributed by atoms with E-state index in [4.69, 9.17) is 9.47 Å². The maximum atomic E-state index is 12.9. The van der Waals surface area contributed by atoms with Gasteiger partial charge in [-0.3, -0.25) is 4.90 Å². The van der Waals surface area contributed by atoms with Crippen LogP contribution in [0, 0.1) is 6.92 Å². The van der Waals surface area contributed by atoms with Crippen molar-refractivity contribution in [2.45, 2.75) is 17.9 Å². The molecule has 0 aliphatic carbocycles. The van der Waals surface area contributed by atoms with E-state index < -0.39 is 10.0 Å². The third-order valence-electron chi connectivity index (χ3n) is 4.69. The number of aryl methyl sites for hydroxylation is 1. The van der Waals surface area contributed by atoms with Crippen molar-refractivity contribution < 1.29 is 17.9 Å². The fourth-order valence-corrected chi connectivity index (χ4v) is 4.28. The lowest BCUT2D eigenvalue weighted by Gasteiger charge is -2.31. The highest BCUT2D eigenvalue weighted by atomic mass is 35.5. The Morgan fingerprint density at radius 3 is 2.25 bits per heavy atom. The van der Waals surface area contributed by atoms with Crippen LogP contribution in [0.15, 0.2) is 53.4 Å². The molecule has 0 spiro atoms. The van der Waals surface area contributed by atoms with Gasteiger partial charge in [0.2, 0.25) is 10.0 Å². The molecule has 28 heavy (non-hydrogen) atoms. The monoisotopic (exact) mass is 426 g/mol. The molecule has 0 saturated carbocycles. The smallest absolute Gasteiger partial charge is 0.241 e. The molecule has 1 N–H and O–H groups in total. The zero-order valence-corrected chi connectivity index (χ0v) is 17.8. The highest BCUT2D eigenvalue weighted by Crippen LogP contribution is 2.21. The van der Waals surface area contributed by atoms with Crippen LogP contribution in [0.3, 0.4) is 0 Å². The third kappa shape index (κ3) is 5.93. The molecule has 0 bridgehead atoms. The average Bonchev–Trinajstić information content (AvgIpc) is 2.69. The second-order valence-corrected chi connectivity index (χ2v) is 8.39. The van der Waals surface area contributed by atoms with Gasteiger partial charge in [-0.2, -0.15) is 0 Å². The fourth-order valence-electron chi connectivity index (χ4n) is 3.06. The van der Waals surface area contributed by atoms with Gasteiger partial charge in [-0.15, -0.1) is 12.4 Å². The maximum absolute atomic E-state index is 12.9. The quantitative estimate of drug-likeness (QED) is 0.737. The van der Waals surface area contributed by atoms with E-state index in [2.05, 4.69) is 9.62 Å². The van der Waals surface area contributed by atoms with Crippen molar-refractivity contribution in [2.24, 2.45) is 0 Å². The van der Waals surface area contributed by atoms with Gasteiger partial charge in [0.1, 0.15) is 5.75 Å². The molecule has 2 aromatic carbocycles. The first-order valence-corrected chi connectivity index (χ1v) is 10.5. The molecule has 1 aliphatic rings. The molecule has 1 unspecified atom stereocenters. The highest BCUT2D eigenvalue weighted by molar-refractivity contribution is 7.89. The van der Waals surface area contributed by atoms with E-state index in [9.17, 15) is 8.42 Å². The Hall–Kier alpha value is -1.64. The molecule has 1 saturated heterocycles. The summed E-state index contributed by atoms with van der Waals surface area (Å²) < 4.78 is 39.2. The van der Waals surface area contributed by atoms with Gasteiger partial charge in [0.25, 0.3) is 0 Å². The molecule has 2 aromatic rings. The SMILES string of the molecule is COc1ccc(S(=O)(=O)NC(CN2CCOCC2)c2ccc(C)cc2)cc1.Cl. The molecule has 3 rings (SSSR count). The predicted octanol–water partition coefficient (Wildman–Crippen LogP) is 2.78. The van der Waals surface area contributed by atoms with E-state index in [1.165, 1.54) is 0 Å². The van der Waals surface area contributed by atoms with Crippen molar-refractivity contribution in [3.8, 4) is 5.75 Å². The van der Waals surface area contributed by atoms with Crippen molar-refractivity contribution >= 4 is 22.4 Å². The summed E-state index contributed by atoms with van der Waals surface area (Å²) >= 11 is 0. The van der Waals surface area contributed by atoms with Gasteiger partial charge in [-0.25, -0.2) is 13.1 Å². The first kappa shape index (κ1) is 22.6. The van der Waals surface area contributed by atoms with Crippen molar-refractivity contribution in [2.75, 3.05) is 40.0 Å². The van der Waals surface area contributed by atoms with E-state index in [1.807, 2.05) is 31.2 Å². The Balaban J connectivity index is 0.00000280. The van der Waals surface area contributed by atoms with Crippen LogP contribution in [-0.2, 0) is 14.8 Å². The van der Waals surface area contributed by atoms with Crippen molar-refractivity contribution in [1.82, 2.24) is 9.62 Å². The zero-order valence-electron chi connectivity index (χ0n) is 16.1. The summed E-state index contributed by atoms with van der Waals surface area (Å²) in [5, 5.41) is 0. The summed E-state index contributed by atoms with van der Waals surface area (Å²) in [7, 11) is -2.10. The predicted molar refractivity (Wildman–Crippen MR) is 112 cm³/mol. The molecule has 0 radical (unpaired) electrons. The van der Waals surface area contributed by atoms with Crippen molar-refractivity contribution in [1.29, 1.82) is 0 Å². The van der Waals surface area contributed by atoms with Crippen molar-refractivity contribution in [3.05, 3.63) is 59.7 Å². The molecular formula is C20H27ClN2O4S. The lowest BCUT2D eigenvalue weighted by atomic mass is 10.1. The topological polar surface area (TPSA) is 67.9 Å². The second kappa shape index (κ2) is 10.2. The van der Waals surface area contributed by atoms with Crippen molar-refractivity contribution in [3.63, 3.8) is 0 Å². The van der Waals surface area contributed by atoms with Crippen LogP contribution in [-0.4, -0.2) is 53.3 Å². The van der Waals surface area contributed by atoms with Crippen LogP contribution in [0.1, 0.15) is 17.2 Å². The number of rotatable bonds is 7. The summed E-state index contributed by atoms with van der Waals surface area (Å²) in [4.78, 5) is 2.45. The van der Waals surface area contributed by atoms with Crippen LogP contribution < -0.4 is 9.46 Å². The number of methoxy groups -OCH3 is 1. The molecule has 1 fully saturated rings. The van der Waals surface area contributed by atoms with Crippen LogP contribution in [0.5, 0.6) is 5.75 Å². The Labute approximate surface area is 173 Å². The number of ether oxygens (including phenoxy) is 2. The Kier molecular flexibility index (Phi) is 8.27. The van der Waals surface area contributed by atoms with Gasteiger partial charge < -0.3 is 9.47 Å². The normalized spacial score (nSPS) is 16.2. The summed E-state index contributed by atoms with van der Waals surface area (Å²) in [5.41, 5.74) is 2.09. The van der Waals surface area contributed by atoms with Gasteiger partial charge in [-0.1, -0.05) is 29.8 Å². The number of nitrogens with zero attached hydrogens (tertiary/aromatic N) is 1. The van der Waals surface area contributed by atoms with Gasteiger partial charge in [-0.05, 0) is 36.8 Å². The number of halogens is 1. The number of morpholine rings is 1. The summed E-state index contributed by atoms with van der Waals surface area (Å²) in [6.45, 7) is 5.56. The first-order chi connectivity index (χ1) is 13.0. The minimum Gasteiger partial charge on any atom is -0.497 e. The fraction of sp³-hybridized carbons (Fsp3) is 0.400. The van der Waals surface area contributed by atoms with Gasteiger partial charge in [0, 0.05) is 19.6 Å². The largest absolute Gasteiger partial charge is 0.497 e. The lowest BCUT2D eigenvalue weighted by Crippen LogP contribution is -2.43. The highest BCUT2D eigenvalue weighted by Gasteiger charge is 2.24. The maximum Gasteiger partial charge on any atom is 0.241 e. The van der Waals surface area contributed by atoms with E-state index in [0.29, 0.717) is 25.5 Å². The molecule has 0 aromatic heterocycles. The molecule has 0 amide bonds. The lowest BCUT2D eigenvalue weighted by molar-refractivity contribution is 0.0345. The molecule has 1 atom stereocenters. The molecule has 8 heteroatoms. The number of sulfonamides is 1. The van der Waals surface area contributed by atoms with Crippen LogP contribution in [0.25, 0.3) is 0 Å². The molecule has 1 aliphatic heterocycles. The summed E-state index contributed by atoms with van der Waals surface area (Å²) in [6.07, 6.45) is 0. The standard InChI is InChI=1S/C20H26N2O4S.ClH/c1-16-3-5-17(6-4-16)20(15-22-11-13-26-14-12-22)21-27(23,24)19-9-7-18(25-2)8-10-19;/h3-10,20-21H,11-15H2,1-2H3;1H. The van der Waals surface area contributed by atoms with E-state index in [0.717, 1.165) is 24.2 Å². The van der Waals surface area contributed by atoms with Crippen LogP contribution in [0.2, 0.25) is 0 Å². The van der Waals surface area contributed by atoms with E-state index >= 15 is 0 Å². The Morgan fingerprint density at radius 1 is 1.07 bits per heavy atom. The Bertz CT molecular complexity index is 836. The number of hydrogen-bond donors (Lipinski definition) is 1. The van der Waals surface area contributed by atoms with Gasteiger partial charge in [0.15, 0.2) is 0 Å². The number of hydrogen-bond acceptors (Lipinski definition) is 5.